The fraction of sp³-hybridized carbons (Fsp3) is 0. The van der Waals surface area contributed by atoms with Crippen LogP contribution in [0.15, 0.2) is 0 Å². The molecule has 0 aliphatic heterocycles. The van der Waals surface area contributed by atoms with Crippen LogP contribution in [0.1, 0.15) is 1.43 Å². The summed E-state index contributed by atoms with van der Waals surface area (Å²) in [5.41, 5.74) is 0. The zero-order valence-electron chi connectivity index (χ0n) is 5.34. The van der Waals surface area contributed by atoms with E-state index in [1.165, 1.54) is 0 Å². The van der Waals surface area contributed by atoms with E-state index in [0.29, 0.717) is 0 Å². The van der Waals surface area contributed by atoms with E-state index in [2.05, 4.69) is 0 Å². The third kappa shape index (κ3) is 80.5. The first-order valence-electron chi connectivity index (χ1n) is 0.698. The van der Waals surface area contributed by atoms with Gasteiger partial charge in [0.05, 0.1) is 0 Å². The Bertz CT molecular complexity index is 104. The number of halogens is 3. The molecule has 0 radical (unpaired) electrons. The van der Waals surface area contributed by atoms with Gasteiger partial charge in [-0.2, -0.15) is 8.42 Å². The first kappa shape index (κ1) is 29.3. The largest absolute Gasteiger partial charge is 1.00 e. The fourth-order valence-electron chi connectivity index (χ4n) is 0. The van der Waals surface area contributed by atoms with E-state index < -0.39 is 10.4 Å². The van der Waals surface area contributed by atoms with Crippen LogP contribution in [-0.2, 0) is 10.4 Å². The molecule has 0 saturated carbocycles. The zero-order chi connectivity index (χ0) is 4.50. The first-order chi connectivity index (χ1) is 2.00. The van der Waals surface area contributed by atoms with E-state index in [1.54, 1.807) is 0 Å². The van der Waals surface area contributed by atoms with Crippen molar-refractivity contribution in [3.8, 4) is 0 Å². The van der Waals surface area contributed by atoms with Crippen LogP contribution in [0.4, 0.5) is 0 Å². The van der Waals surface area contributed by atoms with Crippen molar-refractivity contribution in [1.29, 1.82) is 0 Å². The van der Waals surface area contributed by atoms with Crippen molar-refractivity contribution in [2.24, 2.45) is 0 Å². The van der Waals surface area contributed by atoms with Gasteiger partial charge in [-0.05, 0) is 0 Å². The Balaban J connectivity index is -0.00000000800. The van der Waals surface area contributed by atoms with E-state index in [9.17, 15) is 0 Å². The van der Waals surface area contributed by atoms with Gasteiger partial charge in [0, 0.05) is 0 Å². The Morgan fingerprint density at radius 2 is 1.00 bits per heavy atom. The summed E-state index contributed by atoms with van der Waals surface area (Å²) in [6.07, 6.45) is 0. The predicted octanol–water partition coefficient (Wildman–Crippen LogP) is -1.68. The van der Waals surface area contributed by atoms with Crippen molar-refractivity contribution < 1.29 is 70.3 Å². The fourth-order valence-corrected chi connectivity index (χ4v) is 0. The summed E-state index contributed by atoms with van der Waals surface area (Å²) in [5.74, 6) is 0. The summed E-state index contributed by atoms with van der Waals surface area (Å²) in [5, 5.41) is 0. The average molecular weight is 522 g/mol. The molecule has 4 nitrogen and oxygen atoms in total. The third-order valence-electron chi connectivity index (χ3n) is 0. The molecular formula is H6I3KO4S. The maximum Gasteiger partial charge on any atom is 1.00 e. The van der Waals surface area contributed by atoms with Gasteiger partial charge in [-0.1, -0.05) is 0 Å². The molecule has 0 rings (SSSR count). The van der Waals surface area contributed by atoms with Crippen molar-refractivity contribution in [1.82, 2.24) is 0 Å². The summed E-state index contributed by atoms with van der Waals surface area (Å²) in [4.78, 5) is 0. The van der Waals surface area contributed by atoms with Crippen LogP contribution in [0.25, 0.3) is 0 Å². The molecular weight excluding hydrogens is 516 g/mol. The molecule has 0 aromatic heterocycles. The Hall–Kier alpha value is 3.70. The molecule has 9 heteroatoms. The maximum atomic E-state index is 8.74. The minimum atomic E-state index is -4.67. The van der Waals surface area contributed by atoms with Gasteiger partial charge in [0.2, 0.25) is 0 Å². The molecule has 0 bridgehead atoms. The first-order valence-corrected chi connectivity index (χ1v) is 2.10. The van der Waals surface area contributed by atoms with E-state index in [1.807, 2.05) is 0 Å². The quantitative estimate of drug-likeness (QED) is 0.227. The van der Waals surface area contributed by atoms with Gasteiger partial charge in [-0.25, -0.2) is 0 Å². The van der Waals surface area contributed by atoms with E-state index in [0.717, 1.165) is 0 Å². The van der Waals surface area contributed by atoms with E-state index in [-0.39, 0.29) is 125 Å². The van der Waals surface area contributed by atoms with Crippen LogP contribution in [0.3, 0.4) is 0 Å². The summed E-state index contributed by atoms with van der Waals surface area (Å²) in [7, 11) is -4.67. The summed E-state index contributed by atoms with van der Waals surface area (Å²) >= 11 is 0. The van der Waals surface area contributed by atoms with Gasteiger partial charge >= 0.3 is 61.8 Å². The molecule has 0 spiro atoms. The standard InChI is InChI=1S/3HI.K.H2O4S.H/c;;;;1-5(2,3)4;/h3*1H;;(H2,1,2,3,4);/q;;;+1;;-1. The molecule has 0 atom stereocenters. The maximum absolute atomic E-state index is 8.74. The van der Waals surface area contributed by atoms with E-state index >= 15 is 0 Å². The summed E-state index contributed by atoms with van der Waals surface area (Å²) in [6.45, 7) is 0. The van der Waals surface area contributed by atoms with Gasteiger partial charge in [-0.15, -0.1) is 71.9 Å². The smallest absolute Gasteiger partial charge is 1.00 e. The molecule has 0 amide bonds. The van der Waals surface area contributed by atoms with Crippen molar-refractivity contribution >= 4 is 82.3 Å². The average Bonchev–Trinajstić information content (AvgIpc) is 0.722. The molecule has 0 aromatic carbocycles. The second kappa shape index (κ2) is 14.2. The van der Waals surface area contributed by atoms with Crippen LogP contribution in [0, 0.1) is 0 Å². The Morgan fingerprint density at radius 1 is 1.00 bits per heavy atom. The van der Waals surface area contributed by atoms with Gasteiger partial charge < -0.3 is 1.43 Å². The Kier molecular flexibility index (Phi) is 46.4. The summed E-state index contributed by atoms with van der Waals surface area (Å²) in [6, 6.07) is 0. The van der Waals surface area contributed by atoms with E-state index in [4.69, 9.17) is 17.5 Å². The minimum absolute atomic E-state index is 0. The Labute approximate surface area is 149 Å². The van der Waals surface area contributed by atoms with Crippen LogP contribution in [0.2, 0.25) is 0 Å². The molecule has 0 aliphatic rings. The number of hydrogen-bond donors (Lipinski definition) is 2. The van der Waals surface area contributed by atoms with Crippen molar-refractivity contribution in [3.05, 3.63) is 0 Å². The molecule has 2 N–H and O–H groups in total. The molecule has 0 unspecified atom stereocenters. The van der Waals surface area contributed by atoms with Crippen LogP contribution >= 0.6 is 71.9 Å². The predicted molar refractivity (Wildman–Crippen MR) is 61.5 cm³/mol. The second-order valence-electron chi connectivity index (χ2n) is 0.448. The normalized spacial score (nSPS) is 6.44. The van der Waals surface area contributed by atoms with Gasteiger partial charge in [-0.3, -0.25) is 9.11 Å². The van der Waals surface area contributed by atoms with Crippen LogP contribution in [0.5, 0.6) is 0 Å². The van der Waals surface area contributed by atoms with Crippen molar-refractivity contribution in [2.75, 3.05) is 0 Å². The zero-order valence-corrected chi connectivity index (χ0v) is 15.3. The molecule has 0 fully saturated rings. The molecule has 0 aliphatic carbocycles. The third-order valence-corrected chi connectivity index (χ3v) is 0. The summed E-state index contributed by atoms with van der Waals surface area (Å²) < 4.78 is 31.6. The molecule has 0 aromatic rings. The SMILES string of the molecule is I.I.I.O=S(=O)(O)O.[H-].[K+]. The Morgan fingerprint density at radius 3 is 1.00 bits per heavy atom. The van der Waals surface area contributed by atoms with Crippen LogP contribution in [-0.4, -0.2) is 17.5 Å². The van der Waals surface area contributed by atoms with Crippen molar-refractivity contribution in [3.63, 3.8) is 0 Å². The van der Waals surface area contributed by atoms with Gasteiger partial charge in [0.15, 0.2) is 0 Å². The van der Waals surface area contributed by atoms with Gasteiger partial charge in [0.25, 0.3) is 0 Å². The second-order valence-corrected chi connectivity index (χ2v) is 1.34. The topological polar surface area (TPSA) is 74.6 Å². The molecule has 0 heterocycles. The van der Waals surface area contributed by atoms with Crippen molar-refractivity contribution in [2.45, 2.75) is 0 Å². The monoisotopic (exact) mass is 522 g/mol. The van der Waals surface area contributed by atoms with Crippen LogP contribution < -0.4 is 51.4 Å². The molecule has 0 saturated heterocycles. The molecule has 9 heavy (non-hydrogen) atoms. The number of hydrogen-bond acceptors (Lipinski definition) is 2. The molecule has 58 valence electrons. The minimum Gasteiger partial charge on any atom is -1.00 e. The number of rotatable bonds is 0. The van der Waals surface area contributed by atoms with Gasteiger partial charge in [0.1, 0.15) is 0 Å².